The molecule has 1 N–H and O–H groups in total. The lowest BCUT2D eigenvalue weighted by Gasteiger charge is -2.40. The third-order valence-corrected chi connectivity index (χ3v) is 6.03. The Morgan fingerprint density at radius 3 is 2.50 bits per heavy atom. The first-order valence-electron chi connectivity index (χ1n) is 10.0. The van der Waals surface area contributed by atoms with Crippen molar-refractivity contribution >= 4 is 11.7 Å². The van der Waals surface area contributed by atoms with E-state index in [1.54, 1.807) is 6.20 Å². The number of ether oxygens (including phenoxy) is 1. The van der Waals surface area contributed by atoms with E-state index in [0.717, 1.165) is 64.0 Å². The van der Waals surface area contributed by atoms with Gasteiger partial charge in [-0.3, -0.25) is 9.69 Å². The van der Waals surface area contributed by atoms with Crippen LogP contribution in [0.5, 0.6) is 0 Å². The van der Waals surface area contributed by atoms with Gasteiger partial charge in [-0.1, -0.05) is 0 Å². The van der Waals surface area contributed by atoms with Crippen molar-refractivity contribution in [1.82, 2.24) is 14.8 Å². The minimum atomic E-state index is 0.111. The number of amides is 1. The van der Waals surface area contributed by atoms with Gasteiger partial charge in [-0.25, -0.2) is 4.98 Å². The van der Waals surface area contributed by atoms with Gasteiger partial charge in [0.25, 0.3) is 5.91 Å². The number of carbonyl (C=O) groups is 1. The van der Waals surface area contributed by atoms with Gasteiger partial charge >= 0.3 is 0 Å². The highest BCUT2D eigenvalue weighted by Gasteiger charge is 2.29. The lowest BCUT2D eigenvalue weighted by atomic mass is 10.0. The zero-order chi connectivity index (χ0) is 17.9. The predicted octanol–water partition coefficient (Wildman–Crippen LogP) is 2.23. The Bertz CT molecular complexity index is 603. The number of likely N-dealkylation sites (tertiary alicyclic amines) is 1. The Hall–Kier alpha value is -1.66. The molecule has 3 heterocycles. The molecule has 0 spiro atoms. The molecule has 3 fully saturated rings. The first-order valence-corrected chi connectivity index (χ1v) is 10.0. The average molecular weight is 358 g/mol. The molecule has 0 unspecified atom stereocenters. The summed E-state index contributed by atoms with van der Waals surface area (Å²) in [4.78, 5) is 21.7. The molecular weight excluding hydrogens is 328 g/mol. The number of piperidine rings is 1. The zero-order valence-corrected chi connectivity index (χ0v) is 15.7. The fourth-order valence-corrected chi connectivity index (χ4v) is 4.11. The van der Waals surface area contributed by atoms with Crippen LogP contribution in [0.2, 0.25) is 0 Å². The number of nitrogens with one attached hydrogen (secondary N) is 1. The van der Waals surface area contributed by atoms with E-state index in [-0.39, 0.29) is 5.91 Å². The number of nitrogens with zero attached hydrogens (tertiary/aromatic N) is 3. The molecule has 2 aliphatic heterocycles. The van der Waals surface area contributed by atoms with E-state index in [1.807, 2.05) is 17.0 Å². The summed E-state index contributed by atoms with van der Waals surface area (Å²) in [5, 5.41) is 3.44. The van der Waals surface area contributed by atoms with Crippen molar-refractivity contribution in [3.05, 3.63) is 23.9 Å². The number of carbonyl (C=O) groups excluding carboxylic acids is 1. The third-order valence-electron chi connectivity index (χ3n) is 6.03. The number of pyridine rings is 1. The Labute approximate surface area is 155 Å². The number of rotatable bonds is 5. The summed E-state index contributed by atoms with van der Waals surface area (Å²) in [6, 6.07) is 4.90. The maximum Gasteiger partial charge on any atom is 0.255 e. The van der Waals surface area contributed by atoms with Crippen LogP contribution >= 0.6 is 0 Å². The smallest absolute Gasteiger partial charge is 0.255 e. The number of hydrogen-bond donors (Lipinski definition) is 1. The van der Waals surface area contributed by atoms with Gasteiger partial charge in [-0.2, -0.15) is 0 Å². The second-order valence-electron chi connectivity index (χ2n) is 7.87. The quantitative estimate of drug-likeness (QED) is 0.875. The number of hydrogen-bond acceptors (Lipinski definition) is 5. The van der Waals surface area contributed by atoms with Crippen molar-refractivity contribution in [2.75, 3.05) is 44.7 Å². The van der Waals surface area contributed by atoms with E-state index in [0.29, 0.717) is 17.6 Å². The molecule has 1 atom stereocenters. The van der Waals surface area contributed by atoms with E-state index < -0.39 is 0 Å². The molecular formula is C20H30N4O2. The lowest BCUT2D eigenvalue weighted by Crippen LogP contribution is -2.50. The normalized spacial score (nSPS) is 23.7. The molecule has 1 aromatic rings. The Kier molecular flexibility index (Phi) is 5.41. The van der Waals surface area contributed by atoms with Crippen LogP contribution in [-0.4, -0.2) is 72.2 Å². The molecule has 3 aliphatic rings. The van der Waals surface area contributed by atoms with Gasteiger partial charge in [-0.05, 0) is 50.7 Å². The summed E-state index contributed by atoms with van der Waals surface area (Å²) in [6.07, 6.45) is 6.45. The van der Waals surface area contributed by atoms with Gasteiger partial charge in [-0.15, -0.1) is 0 Å². The van der Waals surface area contributed by atoms with Crippen LogP contribution in [-0.2, 0) is 4.74 Å². The van der Waals surface area contributed by atoms with Gasteiger partial charge in [0.1, 0.15) is 5.82 Å². The zero-order valence-electron chi connectivity index (χ0n) is 15.7. The fourth-order valence-electron chi connectivity index (χ4n) is 4.11. The van der Waals surface area contributed by atoms with Gasteiger partial charge < -0.3 is 15.0 Å². The molecule has 1 aliphatic carbocycles. The fraction of sp³-hybridized carbons (Fsp3) is 0.700. The van der Waals surface area contributed by atoms with Crippen LogP contribution in [0.15, 0.2) is 18.3 Å². The highest BCUT2D eigenvalue weighted by Crippen LogP contribution is 2.33. The van der Waals surface area contributed by atoms with Crippen LogP contribution in [0.1, 0.15) is 43.0 Å². The number of anilines is 1. The number of aromatic nitrogens is 1. The van der Waals surface area contributed by atoms with Gasteiger partial charge in [0.15, 0.2) is 0 Å². The van der Waals surface area contributed by atoms with Crippen LogP contribution in [0, 0.1) is 5.92 Å². The van der Waals surface area contributed by atoms with Crippen molar-refractivity contribution in [2.45, 2.75) is 44.7 Å². The molecule has 0 bridgehead atoms. The first-order chi connectivity index (χ1) is 12.7. The van der Waals surface area contributed by atoms with E-state index in [2.05, 4.69) is 22.1 Å². The summed E-state index contributed by atoms with van der Waals surface area (Å²) < 4.78 is 5.44. The average Bonchev–Trinajstić information content (AvgIpc) is 3.54. The second kappa shape index (κ2) is 7.92. The highest BCUT2D eigenvalue weighted by molar-refractivity contribution is 5.94. The third kappa shape index (κ3) is 4.18. The SMILES string of the molecule is C[C@@H](Nc1ccc(C(=O)N2CCC(N3CCOCC3)CC2)cn1)C1CC1. The maximum atomic E-state index is 12.8. The molecule has 1 aromatic heterocycles. The monoisotopic (exact) mass is 358 g/mol. The Morgan fingerprint density at radius 1 is 1.15 bits per heavy atom. The summed E-state index contributed by atoms with van der Waals surface area (Å²) >= 11 is 0. The van der Waals surface area contributed by atoms with Crippen molar-refractivity contribution in [2.24, 2.45) is 5.92 Å². The standard InChI is InChI=1S/C20H30N4O2/c1-15(16-2-3-16)22-19-5-4-17(14-21-19)20(25)24-8-6-18(7-9-24)23-10-12-26-13-11-23/h4-5,14-16,18H,2-3,6-13H2,1H3,(H,21,22)/t15-/m1/s1. The summed E-state index contributed by atoms with van der Waals surface area (Å²) in [5.74, 6) is 1.76. The van der Waals surface area contributed by atoms with E-state index >= 15 is 0 Å². The Balaban J connectivity index is 1.28. The largest absolute Gasteiger partial charge is 0.379 e. The van der Waals surface area contributed by atoms with Crippen LogP contribution in [0.25, 0.3) is 0 Å². The molecule has 2 saturated heterocycles. The summed E-state index contributed by atoms with van der Waals surface area (Å²) in [6.45, 7) is 7.60. The predicted molar refractivity (Wildman–Crippen MR) is 101 cm³/mol. The van der Waals surface area contributed by atoms with Gasteiger partial charge in [0.2, 0.25) is 0 Å². The van der Waals surface area contributed by atoms with E-state index in [9.17, 15) is 4.79 Å². The molecule has 142 valence electrons. The van der Waals surface area contributed by atoms with Gasteiger partial charge in [0.05, 0.1) is 18.8 Å². The topological polar surface area (TPSA) is 57.7 Å². The van der Waals surface area contributed by atoms with Crippen molar-refractivity contribution in [3.8, 4) is 0 Å². The van der Waals surface area contributed by atoms with Crippen LogP contribution in [0.4, 0.5) is 5.82 Å². The van der Waals surface area contributed by atoms with E-state index in [1.165, 1.54) is 12.8 Å². The lowest BCUT2D eigenvalue weighted by molar-refractivity contribution is 0.00158. The van der Waals surface area contributed by atoms with Crippen molar-refractivity contribution in [3.63, 3.8) is 0 Å². The molecule has 1 amide bonds. The molecule has 0 aromatic carbocycles. The summed E-state index contributed by atoms with van der Waals surface area (Å²) in [5.41, 5.74) is 0.694. The van der Waals surface area contributed by atoms with Crippen molar-refractivity contribution in [1.29, 1.82) is 0 Å². The highest BCUT2D eigenvalue weighted by atomic mass is 16.5. The molecule has 6 nitrogen and oxygen atoms in total. The molecule has 6 heteroatoms. The first kappa shape index (κ1) is 17.7. The minimum Gasteiger partial charge on any atom is -0.379 e. The van der Waals surface area contributed by atoms with Crippen molar-refractivity contribution < 1.29 is 9.53 Å². The van der Waals surface area contributed by atoms with E-state index in [4.69, 9.17) is 4.74 Å². The molecule has 1 saturated carbocycles. The second-order valence-corrected chi connectivity index (χ2v) is 7.87. The van der Waals surface area contributed by atoms with Crippen LogP contribution in [0.3, 0.4) is 0 Å². The summed E-state index contributed by atoms with van der Waals surface area (Å²) in [7, 11) is 0. The molecule has 0 radical (unpaired) electrons. The van der Waals surface area contributed by atoms with Crippen LogP contribution < -0.4 is 5.32 Å². The van der Waals surface area contributed by atoms with Gasteiger partial charge in [0, 0.05) is 44.5 Å². The maximum absolute atomic E-state index is 12.8. The molecule has 4 rings (SSSR count). The minimum absolute atomic E-state index is 0.111. The molecule has 26 heavy (non-hydrogen) atoms. The number of morpholine rings is 1. The Morgan fingerprint density at radius 2 is 1.88 bits per heavy atom.